The number of carbonyl (C=O) groups excluding carboxylic acids is 1. The van der Waals surface area contributed by atoms with Crippen LogP contribution < -0.4 is 9.67 Å². The van der Waals surface area contributed by atoms with Crippen molar-refractivity contribution in [2.24, 2.45) is 13.0 Å². The van der Waals surface area contributed by atoms with Gasteiger partial charge in [0.15, 0.2) is 12.0 Å². The molecule has 0 aliphatic heterocycles. The van der Waals surface area contributed by atoms with Crippen LogP contribution in [0.25, 0.3) is 6.08 Å². The van der Waals surface area contributed by atoms with Gasteiger partial charge in [0.2, 0.25) is 5.69 Å². The van der Waals surface area contributed by atoms with Crippen LogP contribution in [0, 0.1) is 5.92 Å². The minimum absolute atomic E-state index is 0.0737. The first-order chi connectivity index (χ1) is 9.68. The van der Waals surface area contributed by atoms with Crippen molar-refractivity contribution in [2.45, 2.75) is 6.10 Å². The summed E-state index contributed by atoms with van der Waals surface area (Å²) in [7, 11) is 1.93. The third-order valence-electron chi connectivity index (χ3n) is 3.73. The molecule has 0 bridgehead atoms. The zero-order valence-electron chi connectivity index (χ0n) is 11.2. The number of hydrogen-bond acceptors (Lipinski definition) is 2. The Labute approximate surface area is 117 Å². The van der Waals surface area contributed by atoms with E-state index in [0.717, 1.165) is 5.69 Å². The maximum Gasteiger partial charge on any atom is 0.204 e. The average Bonchev–Trinajstić information content (AvgIpc) is 2.71. The SMILES string of the molecule is C[n+]1ccccc1/C=C/C1C(=O)c2ccccc2C1[O-]. The van der Waals surface area contributed by atoms with Crippen LogP contribution in [0.1, 0.15) is 27.7 Å². The van der Waals surface area contributed by atoms with Crippen LogP contribution >= 0.6 is 0 Å². The van der Waals surface area contributed by atoms with Gasteiger partial charge in [0, 0.05) is 29.7 Å². The molecule has 2 unspecified atom stereocenters. The van der Waals surface area contributed by atoms with Crippen molar-refractivity contribution in [3.8, 4) is 0 Å². The number of aryl methyl sites for hydroxylation is 1. The average molecular weight is 265 g/mol. The van der Waals surface area contributed by atoms with Crippen LogP contribution in [-0.4, -0.2) is 5.78 Å². The lowest BCUT2D eigenvalue weighted by Gasteiger charge is -2.21. The Kier molecular flexibility index (Phi) is 3.20. The van der Waals surface area contributed by atoms with Gasteiger partial charge in [-0.2, -0.15) is 0 Å². The summed E-state index contributed by atoms with van der Waals surface area (Å²) in [6, 6.07) is 12.9. The zero-order valence-corrected chi connectivity index (χ0v) is 11.2. The number of fused-ring (bicyclic) bond motifs is 1. The minimum atomic E-state index is -0.996. The molecule has 2 aromatic rings. The van der Waals surface area contributed by atoms with Crippen LogP contribution in [0.3, 0.4) is 0 Å². The number of hydrogen-bond donors (Lipinski definition) is 0. The number of benzene rings is 1. The fraction of sp³-hybridized carbons (Fsp3) is 0.176. The van der Waals surface area contributed by atoms with Crippen molar-refractivity contribution >= 4 is 11.9 Å². The van der Waals surface area contributed by atoms with Gasteiger partial charge in [-0.25, -0.2) is 4.57 Å². The Balaban J connectivity index is 1.90. The van der Waals surface area contributed by atoms with Crippen molar-refractivity contribution in [1.82, 2.24) is 0 Å². The lowest BCUT2D eigenvalue weighted by atomic mass is 10.0. The second-order valence-electron chi connectivity index (χ2n) is 4.99. The quantitative estimate of drug-likeness (QED) is 0.771. The minimum Gasteiger partial charge on any atom is -0.848 e. The summed E-state index contributed by atoms with van der Waals surface area (Å²) in [4.78, 5) is 12.3. The number of carbonyl (C=O) groups is 1. The molecule has 100 valence electrons. The van der Waals surface area contributed by atoms with Gasteiger partial charge in [-0.05, 0) is 11.6 Å². The molecule has 1 aliphatic carbocycles. The Hall–Kier alpha value is -2.26. The van der Waals surface area contributed by atoms with E-state index in [1.807, 2.05) is 42.1 Å². The Morgan fingerprint density at radius 2 is 1.90 bits per heavy atom. The molecule has 0 saturated heterocycles. The molecule has 3 nitrogen and oxygen atoms in total. The highest BCUT2D eigenvalue weighted by Crippen LogP contribution is 2.34. The first-order valence-electron chi connectivity index (χ1n) is 6.60. The van der Waals surface area contributed by atoms with Crippen molar-refractivity contribution in [1.29, 1.82) is 0 Å². The fourth-order valence-corrected chi connectivity index (χ4v) is 2.58. The van der Waals surface area contributed by atoms with E-state index in [0.29, 0.717) is 11.1 Å². The second-order valence-corrected chi connectivity index (χ2v) is 4.99. The number of pyridine rings is 1. The Morgan fingerprint density at radius 3 is 2.65 bits per heavy atom. The van der Waals surface area contributed by atoms with E-state index >= 15 is 0 Å². The van der Waals surface area contributed by atoms with Gasteiger partial charge < -0.3 is 5.11 Å². The molecule has 1 aromatic carbocycles. The van der Waals surface area contributed by atoms with Crippen LogP contribution in [0.15, 0.2) is 54.7 Å². The summed E-state index contributed by atoms with van der Waals surface area (Å²) >= 11 is 0. The predicted octanol–water partition coefficient (Wildman–Crippen LogP) is 1.44. The molecule has 0 amide bonds. The van der Waals surface area contributed by atoms with E-state index < -0.39 is 12.0 Å². The second kappa shape index (κ2) is 5.02. The summed E-state index contributed by atoms with van der Waals surface area (Å²) in [5.74, 6) is -0.678. The summed E-state index contributed by atoms with van der Waals surface area (Å²) in [5, 5.41) is 12.3. The molecule has 0 saturated carbocycles. The van der Waals surface area contributed by atoms with E-state index in [9.17, 15) is 9.90 Å². The zero-order chi connectivity index (χ0) is 14.1. The van der Waals surface area contributed by atoms with Crippen molar-refractivity contribution in [2.75, 3.05) is 0 Å². The Bertz CT molecular complexity index is 691. The highest BCUT2D eigenvalue weighted by atomic mass is 16.3. The standard InChI is InChI=1S/C17H15NO2/c1-18-11-5-4-6-12(18)9-10-15-16(19)13-7-2-3-8-14(13)17(15)20/h2-11,15-16H,1H3/b10-9+. The number of nitrogens with zero attached hydrogens (tertiary/aromatic N) is 1. The van der Waals surface area contributed by atoms with Crippen molar-refractivity contribution < 1.29 is 14.5 Å². The molecule has 3 rings (SSSR count). The molecule has 1 heterocycles. The van der Waals surface area contributed by atoms with Gasteiger partial charge in [-0.15, -0.1) is 0 Å². The molecule has 0 spiro atoms. The maximum atomic E-state index is 12.3. The molecular weight excluding hydrogens is 250 g/mol. The molecular formula is C17H15NO2. The van der Waals surface area contributed by atoms with E-state index in [-0.39, 0.29) is 5.78 Å². The Morgan fingerprint density at radius 1 is 1.15 bits per heavy atom. The first kappa shape index (κ1) is 12.8. The summed E-state index contributed by atoms with van der Waals surface area (Å²) in [6.45, 7) is 0. The molecule has 1 aromatic heterocycles. The lowest BCUT2D eigenvalue weighted by Crippen LogP contribution is -2.30. The van der Waals surface area contributed by atoms with Gasteiger partial charge in [0.1, 0.15) is 7.05 Å². The highest BCUT2D eigenvalue weighted by Gasteiger charge is 2.31. The molecule has 2 atom stereocenters. The van der Waals surface area contributed by atoms with Gasteiger partial charge in [-0.3, -0.25) is 4.79 Å². The van der Waals surface area contributed by atoms with Crippen LogP contribution in [0.4, 0.5) is 0 Å². The summed E-state index contributed by atoms with van der Waals surface area (Å²) in [6.07, 6.45) is 4.51. The molecule has 20 heavy (non-hydrogen) atoms. The number of Topliss-reactive ketones (excluding diaryl/α,β-unsaturated/α-hetero) is 1. The fourth-order valence-electron chi connectivity index (χ4n) is 2.58. The summed E-state index contributed by atoms with van der Waals surface area (Å²) < 4.78 is 1.95. The van der Waals surface area contributed by atoms with E-state index in [1.54, 1.807) is 30.3 Å². The normalized spacial score (nSPS) is 21.4. The van der Waals surface area contributed by atoms with Gasteiger partial charge >= 0.3 is 0 Å². The number of aromatic nitrogens is 1. The maximum absolute atomic E-state index is 12.3. The molecule has 0 N–H and O–H groups in total. The van der Waals surface area contributed by atoms with E-state index in [4.69, 9.17) is 0 Å². The first-order valence-corrected chi connectivity index (χ1v) is 6.60. The molecule has 3 heteroatoms. The molecule has 0 fully saturated rings. The molecule has 0 radical (unpaired) electrons. The highest BCUT2D eigenvalue weighted by molar-refractivity contribution is 6.04. The number of rotatable bonds is 2. The van der Waals surface area contributed by atoms with Crippen molar-refractivity contribution in [3.63, 3.8) is 0 Å². The smallest absolute Gasteiger partial charge is 0.204 e. The van der Waals surface area contributed by atoms with Crippen molar-refractivity contribution in [3.05, 3.63) is 71.6 Å². The topological polar surface area (TPSA) is 44.0 Å². The predicted molar refractivity (Wildman–Crippen MR) is 73.7 cm³/mol. The van der Waals surface area contributed by atoms with Gasteiger partial charge in [0.25, 0.3) is 0 Å². The van der Waals surface area contributed by atoms with Gasteiger partial charge in [-0.1, -0.05) is 36.4 Å². The summed E-state index contributed by atoms with van der Waals surface area (Å²) in [5.41, 5.74) is 2.15. The lowest BCUT2D eigenvalue weighted by molar-refractivity contribution is -0.673. The van der Waals surface area contributed by atoms with Gasteiger partial charge in [0.05, 0.1) is 0 Å². The van der Waals surface area contributed by atoms with E-state index in [1.165, 1.54) is 0 Å². The monoisotopic (exact) mass is 265 g/mol. The van der Waals surface area contributed by atoms with Crippen LogP contribution in [-0.2, 0) is 7.05 Å². The van der Waals surface area contributed by atoms with Crippen LogP contribution in [0.5, 0.6) is 0 Å². The van der Waals surface area contributed by atoms with Crippen LogP contribution in [0.2, 0.25) is 0 Å². The third kappa shape index (κ3) is 2.06. The largest absolute Gasteiger partial charge is 0.848 e. The van der Waals surface area contributed by atoms with E-state index in [2.05, 4.69) is 0 Å². The molecule has 1 aliphatic rings. The third-order valence-corrected chi connectivity index (χ3v) is 3.73. The number of ketones is 1.